The van der Waals surface area contributed by atoms with E-state index in [9.17, 15) is 0 Å². The molecule has 0 radical (unpaired) electrons. The van der Waals surface area contributed by atoms with E-state index in [-0.39, 0.29) is 0 Å². The van der Waals surface area contributed by atoms with Crippen LogP contribution in [-0.4, -0.2) is 56.9 Å². The molecule has 0 aromatic carbocycles. The zero-order valence-corrected chi connectivity index (χ0v) is 16.5. The third-order valence-electron chi connectivity index (χ3n) is 4.94. The van der Waals surface area contributed by atoms with Gasteiger partial charge in [-0.15, -0.1) is 5.10 Å². The predicted octanol–water partition coefficient (Wildman–Crippen LogP) is 2.69. The normalized spacial score (nSPS) is 15.4. The van der Waals surface area contributed by atoms with Crippen molar-refractivity contribution in [2.75, 3.05) is 37.0 Å². The lowest BCUT2D eigenvalue weighted by Gasteiger charge is -2.29. The van der Waals surface area contributed by atoms with Gasteiger partial charge in [0, 0.05) is 51.1 Å². The number of aromatic nitrogens is 6. The van der Waals surface area contributed by atoms with E-state index >= 15 is 0 Å². The maximum absolute atomic E-state index is 5.44. The number of hydrogen-bond donors (Lipinski definition) is 0. The maximum atomic E-state index is 5.44. The van der Waals surface area contributed by atoms with Crippen molar-refractivity contribution in [2.24, 2.45) is 0 Å². The fourth-order valence-corrected chi connectivity index (χ4v) is 4.30. The number of piperidine rings is 1. The molecule has 0 saturated carbocycles. The first-order chi connectivity index (χ1) is 13.7. The molecule has 10 heteroatoms. The summed E-state index contributed by atoms with van der Waals surface area (Å²) < 4.78 is 7.30. The molecular formula is C18H20N8OS. The number of hydrogen-bond acceptors (Lipinski definition) is 9. The smallest absolute Gasteiger partial charge is 0.265 e. The SMILES string of the molecule is CN(C)c1noc(C2CCN(c3nn4cc(-c5cccnc5)nc4s3)CC2)n1. The summed E-state index contributed by atoms with van der Waals surface area (Å²) in [7, 11) is 3.82. The number of rotatable bonds is 4. The fraction of sp³-hybridized carbons (Fsp3) is 0.389. The lowest BCUT2D eigenvalue weighted by molar-refractivity contribution is 0.329. The van der Waals surface area contributed by atoms with Crippen LogP contribution >= 0.6 is 11.3 Å². The summed E-state index contributed by atoms with van der Waals surface area (Å²) in [4.78, 5) is 18.4. The first-order valence-electron chi connectivity index (χ1n) is 9.20. The van der Waals surface area contributed by atoms with Crippen LogP contribution in [-0.2, 0) is 0 Å². The number of pyridine rings is 1. The second kappa shape index (κ2) is 6.86. The maximum Gasteiger partial charge on any atom is 0.265 e. The molecule has 1 aliphatic heterocycles. The third-order valence-corrected chi connectivity index (χ3v) is 5.92. The van der Waals surface area contributed by atoms with Crippen LogP contribution < -0.4 is 9.80 Å². The highest BCUT2D eigenvalue weighted by molar-refractivity contribution is 7.20. The average molecular weight is 396 g/mol. The van der Waals surface area contributed by atoms with Gasteiger partial charge in [-0.1, -0.05) is 11.3 Å². The van der Waals surface area contributed by atoms with Gasteiger partial charge < -0.3 is 14.3 Å². The summed E-state index contributed by atoms with van der Waals surface area (Å²) >= 11 is 1.61. The Kier molecular flexibility index (Phi) is 4.19. The first kappa shape index (κ1) is 17.1. The lowest BCUT2D eigenvalue weighted by Crippen LogP contribution is -2.33. The topological polar surface area (TPSA) is 88.5 Å². The summed E-state index contributed by atoms with van der Waals surface area (Å²) in [5.74, 6) is 1.67. The van der Waals surface area contributed by atoms with Gasteiger partial charge in [0.05, 0.1) is 11.9 Å². The minimum atomic E-state index is 0.304. The Morgan fingerprint density at radius 1 is 1.21 bits per heavy atom. The zero-order valence-electron chi connectivity index (χ0n) is 15.7. The quantitative estimate of drug-likeness (QED) is 0.520. The van der Waals surface area contributed by atoms with Crippen molar-refractivity contribution < 1.29 is 4.52 Å². The number of nitrogens with zero attached hydrogens (tertiary/aromatic N) is 8. The van der Waals surface area contributed by atoms with Crippen molar-refractivity contribution in [3.8, 4) is 11.3 Å². The number of fused-ring (bicyclic) bond motifs is 1. The molecule has 28 heavy (non-hydrogen) atoms. The molecule has 4 aromatic rings. The molecular weight excluding hydrogens is 376 g/mol. The van der Waals surface area contributed by atoms with E-state index in [4.69, 9.17) is 14.6 Å². The van der Waals surface area contributed by atoms with E-state index in [1.165, 1.54) is 0 Å². The van der Waals surface area contributed by atoms with Gasteiger partial charge in [0.15, 0.2) is 0 Å². The lowest BCUT2D eigenvalue weighted by atomic mass is 9.97. The summed E-state index contributed by atoms with van der Waals surface area (Å²) in [5, 5.41) is 9.75. The summed E-state index contributed by atoms with van der Waals surface area (Å²) in [5.41, 5.74) is 1.89. The molecule has 4 aromatic heterocycles. The van der Waals surface area contributed by atoms with Crippen LogP contribution in [0.3, 0.4) is 0 Å². The molecule has 0 spiro atoms. The van der Waals surface area contributed by atoms with E-state index in [1.807, 2.05) is 48.0 Å². The van der Waals surface area contributed by atoms with E-state index in [1.54, 1.807) is 17.5 Å². The molecule has 5 heterocycles. The van der Waals surface area contributed by atoms with Gasteiger partial charge in [-0.3, -0.25) is 4.98 Å². The van der Waals surface area contributed by atoms with Crippen LogP contribution in [0.2, 0.25) is 0 Å². The molecule has 144 valence electrons. The molecule has 1 aliphatic rings. The summed E-state index contributed by atoms with van der Waals surface area (Å²) in [6.07, 6.45) is 7.48. The minimum Gasteiger partial charge on any atom is -0.347 e. The Hall–Kier alpha value is -3.01. The van der Waals surface area contributed by atoms with Crippen molar-refractivity contribution >= 4 is 27.4 Å². The van der Waals surface area contributed by atoms with E-state index in [0.29, 0.717) is 11.9 Å². The number of anilines is 2. The van der Waals surface area contributed by atoms with Crippen molar-refractivity contribution in [3.63, 3.8) is 0 Å². The number of imidazole rings is 1. The highest BCUT2D eigenvalue weighted by Gasteiger charge is 2.27. The first-order valence-corrected chi connectivity index (χ1v) is 10.0. The zero-order chi connectivity index (χ0) is 19.1. The predicted molar refractivity (Wildman–Crippen MR) is 107 cm³/mol. The van der Waals surface area contributed by atoms with E-state index in [0.717, 1.165) is 53.2 Å². The van der Waals surface area contributed by atoms with Crippen molar-refractivity contribution in [1.29, 1.82) is 0 Å². The van der Waals surface area contributed by atoms with Gasteiger partial charge in [-0.25, -0.2) is 9.50 Å². The van der Waals surface area contributed by atoms with E-state index in [2.05, 4.69) is 20.0 Å². The Bertz CT molecular complexity index is 1050. The second-order valence-electron chi connectivity index (χ2n) is 7.07. The summed E-state index contributed by atoms with van der Waals surface area (Å²) in [6.45, 7) is 1.83. The van der Waals surface area contributed by atoms with Crippen LogP contribution in [0.15, 0.2) is 35.2 Å². The minimum absolute atomic E-state index is 0.304. The highest BCUT2D eigenvalue weighted by atomic mass is 32.1. The standard InChI is InChI=1S/C18H20N8OS/c1-24(2)16-21-15(27-23-16)12-5-8-25(9-6-12)18-22-26-11-14(20-17(26)28-18)13-4-3-7-19-10-13/h3-4,7,10-12H,5-6,8-9H2,1-2H3. The highest BCUT2D eigenvalue weighted by Crippen LogP contribution is 2.32. The molecule has 0 aliphatic carbocycles. The molecule has 0 bridgehead atoms. The third kappa shape index (κ3) is 3.09. The molecule has 5 rings (SSSR count). The fourth-order valence-electron chi connectivity index (χ4n) is 3.36. The van der Waals surface area contributed by atoms with Crippen LogP contribution in [0.5, 0.6) is 0 Å². The van der Waals surface area contributed by atoms with Crippen LogP contribution in [0.1, 0.15) is 24.7 Å². The van der Waals surface area contributed by atoms with Gasteiger partial charge >= 0.3 is 0 Å². The van der Waals surface area contributed by atoms with Gasteiger partial charge in [0.1, 0.15) is 0 Å². The van der Waals surface area contributed by atoms with Gasteiger partial charge in [-0.2, -0.15) is 4.98 Å². The second-order valence-corrected chi connectivity index (χ2v) is 8.00. The van der Waals surface area contributed by atoms with Crippen molar-refractivity contribution in [3.05, 3.63) is 36.6 Å². The van der Waals surface area contributed by atoms with Crippen LogP contribution in [0.4, 0.5) is 11.1 Å². The van der Waals surface area contributed by atoms with Crippen molar-refractivity contribution in [2.45, 2.75) is 18.8 Å². The average Bonchev–Trinajstić information content (AvgIpc) is 3.43. The van der Waals surface area contributed by atoms with Crippen LogP contribution in [0, 0.1) is 0 Å². The van der Waals surface area contributed by atoms with Gasteiger partial charge in [-0.05, 0) is 30.1 Å². The van der Waals surface area contributed by atoms with Gasteiger partial charge in [0.2, 0.25) is 16.0 Å². The summed E-state index contributed by atoms with van der Waals surface area (Å²) in [6, 6.07) is 3.92. The Labute approximate surface area is 165 Å². The molecule has 0 amide bonds. The monoisotopic (exact) mass is 396 g/mol. The van der Waals surface area contributed by atoms with Crippen molar-refractivity contribution in [1.82, 2.24) is 29.7 Å². The van der Waals surface area contributed by atoms with E-state index < -0.39 is 0 Å². The molecule has 1 saturated heterocycles. The molecule has 0 N–H and O–H groups in total. The molecule has 0 unspecified atom stereocenters. The van der Waals surface area contributed by atoms with Crippen LogP contribution in [0.25, 0.3) is 16.2 Å². The Morgan fingerprint density at radius 2 is 2.07 bits per heavy atom. The molecule has 1 fully saturated rings. The Morgan fingerprint density at radius 3 is 2.75 bits per heavy atom. The Balaban J connectivity index is 1.28. The molecule has 9 nitrogen and oxygen atoms in total. The largest absolute Gasteiger partial charge is 0.347 e. The van der Waals surface area contributed by atoms with Gasteiger partial charge in [0.25, 0.3) is 5.95 Å². The molecule has 0 atom stereocenters.